The van der Waals surface area contributed by atoms with E-state index in [2.05, 4.69) is 5.32 Å². The van der Waals surface area contributed by atoms with Crippen LogP contribution in [-0.2, 0) is 4.79 Å². The number of phenolic OH excluding ortho intramolecular Hbond substituents is 1. The number of aromatic hydroxyl groups is 1. The minimum atomic E-state index is -0.346. The maximum atomic E-state index is 12.0. The molecule has 0 radical (unpaired) electrons. The first-order valence-electron chi connectivity index (χ1n) is 6.73. The standard InChI is InChI=1S/C17H16ClNO4/c1-22-15-8-6-11(10-14(15)20)7-9-16(21)19-13-5-3-4-12(18)17(13)23-2/h3-10,20H,1-2H3,(H,19,21). The molecule has 6 heteroatoms. The molecule has 23 heavy (non-hydrogen) atoms. The van der Waals surface area contributed by atoms with Crippen molar-refractivity contribution >= 4 is 29.3 Å². The van der Waals surface area contributed by atoms with Crippen molar-refractivity contribution < 1.29 is 19.4 Å². The van der Waals surface area contributed by atoms with Crippen molar-refractivity contribution in [2.75, 3.05) is 19.5 Å². The monoisotopic (exact) mass is 333 g/mol. The molecule has 1 amide bonds. The molecule has 5 nitrogen and oxygen atoms in total. The van der Waals surface area contributed by atoms with Crippen LogP contribution in [0.1, 0.15) is 5.56 Å². The van der Waals surface area contributed by atoms with Gasteiger partial charge >= 0.3 is 0 Å². The summed E-state index contributed by atoms with van der Waals surface area (Å²) in [5.41, 5.74) is 1.14. The summed E-state index contributed by atoms with van der Waals surface area (Å²) in [7, 11) is 2.95. The molecule has 0 saturated heterocycles. The van der Waals surface area contributed by atoms with Crippen LogP contribution < -0.4 is 14.8 Å². The third kappa shape index (κ3) is 4.17. The van der Waals surface area contributed by atoms with E-state index in [9.17, 15) is 9.90 Å². The van der Waals surface area contributed by atoms with Gasteiger partial charge in [-0.3, -0.25) is 4.79 Å². The number of phenols is 1. The third-order valence-corrected chi connectivity index (χ3v) is 3.36. The van der Waals surface area contributed by atoms with Gasteiger partial charge in [0, 0.05) is 6.08 Å². The second kappa shape index (κ2) is 7.56. The molecule has 0 unspecified atom stereocenters. The number of anilines is 1. The predicted molar refractivity (Wildman–Crippen MR) is 90.3 cm³/mol. The number of amides is 1. The van der Waals surface area contributed by atoms with Crippen LogP contribution in [0.2, 0.25) is 5.02 Å². The summed E-state index contributed by atoms with van der Waals surface area (Å²) in [5, 5.41) is 12.8. The number of carbonyl (C=O) groups is 1. The fraction of sp³-hybridized carbons (Fsp3) is 0.118. The van der Waals surface area contributed by atoms with Crippen molar-refractivity contribution in [3.8, 4) is 17.2 Å². The van der Waals surface area contributed by atoms with E-state index in [-0.39, 0.29) is 11.7 Å². The van der Waals surface area contributed by atoms with Crippen LogP contribution in [0, 0.1) is 0 Å². The Bertz CT molecular complexity index is 743. The number of ether oxygens (including phenoxy) is 2. The summed E-state index contributed by atoms with van der Waals surface area (Å²) in [6.07, 6.45) is 2.92. The molecule has 0 atom stereocenters. The van der Waals surface area contributed by atoms with Gasteiger partial charge in [0.2, 0.25) is 5.91 Å². The molecule has 0 aliphatic heterocycles. The molecular weight excluding hydrogens is 318 g/mol. The van der Waals surface area contributed by atoms with E-state index in [1.54, 1.807) is 36.4 Å². The Morgan fingerprint density at radius 2 is 2.00 bits per heavy atom. The molecular formula is C17H16ClNO4. The Hall–Kier alpha value is -2.66. The zero-order valence-corrected chi connectivity index (χ0v) is 13.4. The van der Waals surface area contributed by atoms with E-state index in [1.807, 2.05) is 0 Å². The van der Waals surface area contributed by atoms with Gasteiger partial charge < -0.3 is 19.9 Å². The number of rotatable bonds is 5. The van der Waals surface area contributed by atoms with Crippen LogP contribution in [0.5, 0.6) is 17.2 Å². The second-order valence-corrected chi connectivity index (χ2v) is 4.98. The van der Waals surface area contributed by atoms with Crippen LogP contribution >= 0.6 is 11.6 Å². The molecule has 0 fully saturated rings. The lowest BCUT2D eigenvalue weighted by Crippen LogP contribution is -2.09. The number of hydrogen-bond donors (Lipinski definition) is 2. The van der Waals surface area contributed by atoms with E-state index in [0.717, 1.165) is 0 Å². The summed E-state index contributed by atoms with van der Waals surface area (Å²) in [5.74, 6) is 0.431. The molecule has 120 valence electrons. The number of benzene rings is 2. The van der Waals surface area contributed by atoms with Gasteiger partial charge in [-0.1, -0.05) is 23.7 Å². The topological polar surface area (TPSA) is 67.8 Å². The van der Waals surface area contributed by atoms with Gasteiger partial charge in [0.05, 0.1) is 24.9 Å². The highest BCUT2D eigenvalue weighted by Gasteiger charge is 2.09. The zero-order valence-electron chi connectivity index (χ0n) is 12.7. The number of nitrogens with one attached hydrogen (secondary N) is 1. The van der Waals surface area contributed by atoms with E-state index in [4.69, 9.17) is 21.1 Å². The number of para-hydroxylation sites is 1. The first kappa shape index (κ1) is 16.7. The summed E-state index contributed by atoms with van der Waals surface area (Å²) in [4.78, 5) is 12.0. The van der Waals surface area contributed by atoms with Crippen molar-refractivity contribution in [2.45, 2.75) is 0 Å². The van der Waals surface area contributed by atoms with E-state index in [1.165, 1.54) is 26.4 Å². The maximum absolute atomic E-state index is 12.0. The normalized spacial score (nSPS) is 10.6. The lowest BCUT2D eigenvalue weighted by Gasteiger charge is -2.10. The fourth-order valence-corrected chi connectivity index (χ4v) is 2.22. The summed E-state index contributed by atoms with van der Waals surface area (Å²) < 4.78 is 10.1. The molecule has 0 aliphatic rings. The Kier molecular flexibility index (Phi) is 5.49. The summed E-state index contributed by atoms with van der Waals surface area (Å²) in [6.45, 7) is 0. The molecule has 0 aliphatic carbocycles. The zero-order chi connectivity index (χ0) is 16.8. The van der Waals surface area contributed by atoms with E-state index >= 15 is 0 Å². The molecule has 2 aromatic carbocycles. The minimum absolute atomic E-state index is 0.00608. The van der Waals surface area contributed by atoms with Gasteiger partial charge in [-0.15, -0.1) is 0 Å². The molecule has 0 aromatic heterocycles. The number of methoxy groups -OCH3 is 2. The van der Waals surface area contributed by atoms with Gasteiger partial charge in [0.1, 0.15) is 0 Å². The van der Waals surface area contributed by atoms with Crippen LogP contribution in [0.4, 0.5) is 5.69 Å². The quantitative estimate of drug-likeness (QED) is 0.818. The lowest BCUT2D eigenvalue weighted by atomic mass is 10.2. The Balaban J connectivity index is 2.10. The molecule has 0 bridgehead atoms. The first-order chi connectivity index (χ1) is 11.0. The Morgan fingerprint density at radius 3 is 2.65 bits per heavy atom. The highest BCUT2D eigenvalue weighted by atomic mass is 35.5. The highest BCUT2D eigenvalue weighted by molar-refractivity contribution is 6.32. The van der Waals surface area contributed by atoms with Gasteiger partial charge in [0.15, 0.2) is 17.2 Å². The van der Waals surface area contributed by atoms with Crippen LogP contribution in [0.3, 0.4) is 0 Å². The summed E-state index contributed by atoms with van der Waals surface area (Å²) >= 11 is 6.00. The van der Waals surface area contributed by atoms with E-state index in [0.29, 0.717) is 27.8 Å². The van der Waals surface area contributed by atoms with Crippen LogP contribution in [0.25, 0.3) is 6.08 Å². The predicted octanol–water partition coefficient (Wildman–Crippen LogP) is 3.71. The van der Waals surface area contributed by atoms with Crippen molar-refractivity contribution in [1.82, 2.24) is 0 Å². The minimum Gasteiger partial charge on any atom is -0.504 e. The fourth-order valence-electron chi connectivity index (χ4n) is 1.97. The molecule has 2 aromatic rings. The largest absolute Gasteiger partial charge is 0.504 e. The average Bonchev–Trinajstić information content (AvgIpc) is 2.53. The number of halogens is 1. The van der Waals surface area contributed by atoms with Gasteiger partial charge in [-0.2, -0.15) is 0 Å². The molecule has 2 N–H and O–H groups in total. The molecule has 0 heterocycles. The van der Waals surface area contributed by atoms with Crippen molar-refractivity contribution in [3.63, 3.8) is 0 Å². The van der Waals surface area contributed by atoms with Gasteiger partial charge in [-0.05, 0) is 35.9 Å². The Morgan fingerprint density at radius 1 is 1.22 bits per heavy atom. The smallest absolute Gasteiger partial charge is 0.248 e. The lowest BCUT2D eigenvalue weighted by molar-refractivity contribution is -0.111. The third-order valence-electron chi connectivity index (χ3n) is 3.06. The average molecular weight is 334 g/mol. The van der Waals surface area contributed by atoms with E-state index < -0.39 is 0 Å². The van der Waals surface area contributed by atoms with Crippen LogP contribution in [0.15, 0.2) is 42.5 Å². The first-order valence-corrected chi connectivity index (χ1v) is 7.11. The van der Waals surface area contributed by atoms with Gasteiger partial charge in [-0.25, -0.2) is 0 Å². The number of carbonyl (C=O) groups excluding carboxylic acids is 1. The summed E-state index contributed by atoms with van der Waals surface area (Å²) in [6, 6.07) is 9.92. The second-order valence-electron chi connectivity index (χ2n) is 4.57. The van der Waals surface area contributed by atoms with Gasteiger partial charge in [0.25, 0.3) is 0 Å². The SMILES string of the molecule is COc1ccc(C=CC(=O)Nc2cccc(Cl)c2OC)cc1O. The number of hydrogen-bond acceptors (Lipinski definition) is 4. The highest BCUT2D eigenvalue weighted by Crippen LogP contribution is 2.32. The molecule has 0 saturated carbocycles. The molecule has 2 rings (SSSR count). The molecule has 0 spiro atoms. The Labute approximate surface area is 139 Å². The van der Waals surface area contributed by atoms with Crippen molar-refractivity contribution in [3.05, 3.63) is 53.1 Å². The van der Waals surface area contributed by atoms with Crippen molar-refractivity contribution in [1.29, 1.82) is 0 Å². The van der Waals surface area contributed by atoms with Crippen molar-refractivity contribution in [2.24, 2.45) is 0 Å². The van der Waals surface area contributed by atoms with Crippen LogP contribution in [-0.4, -0.2) is 25.2 Å². The maximum Gasteiger partial charge on any atom is 0.248 e.